The maximum Gasteiger partial charge on any atom is 0.241 e. The molecule has 1 fully saturated rings. The summed E-state index contributed by atoms with van der Waals surface area (Å²) in [6, 6.07) is 3.78. The lowest BCUT2D eigenvalue weighted by Gasteiger charge is -2.32. The number of nitrogen functional groups attached to an aromatic ring is 1. The zero-order chi connectivity index (χ0) is 15.6. The predicted molar refractivity (Wildman–Crippen MR) is 85.8 cm³/mol. The zero-order valence-corrected chi connectivity index (χ0v) is 13.8. The summed E-state index contributed by atoms with van der Waals surface area (Å²) < 4.78 is 27.9. The van der Waals surface area contributed by atoms with Crippen molar-refractivity contribution in [3.63, 3.8) is 0 Å². The highest BCUT2D eigenvalue weighted by molar-refractivity contribution is 7.89. The number of aryl methyl sites for hydroxylation is 1. The summed E-state index contributed by atoms with van der Waals surface area (Å²) in [5.41, 5.74) is 7.71. The number of rotatable bonds is 4. The normalized spacial score (nSPS) is 20.6. The summed E-state index contributed by atoms with van der Waals surface area (Å²) in [7, 11) is -1.47. The predicted octanol–water partition coefficient (Wildman–Crippen LogP) is 1.65. The van der Waals surface area contributed by atoms with Gasteiger partial charge in [0.2, 0.25) is 10.0 Å². The quantitative estimate of drug-likeness (QED) is 0.829. The maximum atomic E-state index is 12.6. The highest BCUT2D eigenvalue weighted by Crippen LogP contribution is 2.25. The van der Waals surface area contributed by atoms with E-state index in [2.05, 4.69) is 16.7 Å². The summed E-state index contributed by atoms with van der Waals surface area (Å²) in [5.74, 6) is 0. The summed E-state index contributed by atoms with van der Waals surface area (Å²) >= 11 is 0. The molecular formula is C15H25N3O2S. The first-order valence-electron chi connectivity index (χ1n) is 7.38. The van der Waals surface area contributed by atoms with Gasteiger partial charge in [0.15, 0.2) is 0 Å². The number of likely N-dealkylation sites (tertiary alicyclic amines) is 1. The Balaban J connectivity index is 2.17. The maximum absolute atomic E-state index is 12.6. The second-order valence-electron chi connectivity index (χ2n) is 5.91. The standard InChI is InChI=1S/C15H25N3O2S/c1-11-7-8-14(16)12(2)15(11)21(19,20)17-10-13-6-4-5-9-18(13)3/h7-8,13,17H,4-6,9-10,16H2,1-3H3. The molecule has 0 spiro atoms. The lowest BCUT2D eigenvalue weighted by Crippen LogP contribution is -2.44. The van der Waals surface area contributed by atoms with Crippen molar-refractivity contribution >= 4 is 15.7 Å². The first-order valence-corrected chi connectivity index (χ1v) is 8.87. The molecule has 21 heavy (non-hydrogen) atoms. The molecule has 1 aromatic rings. The van der Waals surface area contributed by atoms with Crippen LogP contribution in [0.5, 0.6) is 0 Å². The van der Waals surface area contributed by atoms with Crippen molar-refractivity contribution < 1.29 is 8.42 Å². The second-order valence-corrected chi connectivity index (χ2v) is 7.61. The van der Waals surface area contributed by atoms with E-state index in [1.165, 1.54) is 6.42 Å². The minimum atomic E-state index is -3.52. The molecule has 1 unspecified atom stereocenters. The van der Waals surface area contributed by atoms with Crippen molar-refractivity contribution in [1.82, 2.24) is 9.62 Å². The van der Waals surface area contributed by atoms with Gasteiger partial charge in [-0.3, -0.25) is 0 Å². The molecule has 6 heteroatoms. The molecule has 1 aliphatic heterocycles. The van der Waals surface area contributed by atoms with Crippen LogP contribution in [0.2, 0.25) is 0 Å². The average Bonchev–Trinajstić information content (AvgIpc) is 2.42. The Bertz CT molecular complexity index is 614. The van der Waals surface area contributed by atoms with Gasteiger partial charge in [-0.15, -0.1) is 0 Å². The van der Waals surface area contributed by atoms with E-state index in [1.54, 1.807) is 26.0 Å². The molecule has 1 aromatic carbocycles. The van der Waals surface area contributed by atoms with E-state index >= 15 is 0 Å². The smallest absolute Gasteiger partial charge is 0.241 e. The molecule has 0 saturated carbocycles. The Morgan fingerprint density at radius 3 is 2.71 bits per heavy atom. The average molecular weight is 311 g/mol. The number of nitrogens with zero attached hydrogens (tertiary/aromatic N) is 1. The van der Waals surface area contributed by atoms with E-state index in [-0.39, 0.29) is 6.04 Å². The van der Waals surface area contributed by atoms with E-state index in [1.807, 2.05) is 0 Å². The Hall–Kier alpha value is -1.11. The van der Waals surface area contributed by atoms with Crippen LogP contribution in [0, 0.1) is 13.8 Å². The Morgan fingerprint density at radius 1 is 1.33 bits per heavy atom. The third-order valence-electron chi connectivity index (χ3n) is 4.34. The van der Waals surface area contributed by atoms with Gasteiger partial charge in [-0.2, -0.15) is 0 Å². The second kappa shape index (κ2) is 6.34. The lowest BCUT2D eigenvalue weighted by atomic mass is 10.0. The molecule has 0 amide bonds. The van der Waals surface area contributed by atoms with Crippen LogP contribution in [-0.4, -0.2) is 39.5 Å². The number of piperidine rings is 1. The number of likely N-dealkylation sites (N-methyl/N-ethyl adjacent to an activating group) is 1. The molecule has 2 rings (SSSR count). The fourth-order valence-electron chi connectivity index (χ4n) is 2.94. The fraction of sp³-hybridized carbons (Fsp3) is 0.600. The van der Waals surface area contributed by atoms with E-state index in [0.717, 1.165) is 24.9 Å². The molecule has 1 atom stereocenters. The molecule has 0 radical (unpaired) electrons. The first kappa shape index (κ1) is 16.3. The SMILES string of the molecule is Cc1ccc(N)c(C)c1S(=O)(=O)NCC1CCCCN1C. The highest BCUT2D eigenvalue weighted by Gasteiger charge is 2.24. The van der Waals surface area contributed by atoms with Crippen LogP contribution in [-0.2, 0) is 10.0 Å². The number of nitrogens with two attached hydrogens (primary N) is 1. The number of benzene rings is 1. The van der Waals surface area contributed by atoms with Crippen molar-refractivity contribution in [3.05, 3.63) is 23.3 Å². The van der Waals surface area contributed by atoms with Gasteiger partial charge in [0, 0.05) is 18.3 Å². The third-order valence-corrected chi connectivity index (χ3v) is 6.06. The topological polar surface area (TPSA) is 75.4 Å². The van der Waals surface area contributed by atoms with Gasteiger partial charge in [0.1, 0.15) is 0 Å². The highest BCUT2D eigenvalue weighted by atomic mass is 32.2. The summed E-state index contributed by atoms with van der Waals surface area (Å²) in [4.78, 5) is 2.55. The molecule has 0 aliphatic carbocycles. The van der Waals surface area contributed by atoms with Gasteiger partial charge in [-0.05, 0) is 57.5 Å². The van der Waals surface area contributed by atoms with Crippen LogP contribution in [0.15, 0.2) is 17.0 Å². The molecule has 118 valence electrons. The molecule has 5 nitrogen and oxygen atoms in total. The summed E-state index contributed by atoms with van der Waals surface area (Å²) in [6.07, 6.45) is 3.38. The first-order chi connectivity index (χ1) is 9.83. The largest absolute Gasteiger partial charge is 0.398 e. The van der Waals surface area contributed by atoms with E-state index in [4.69, 9.17) is 5.73 Å². The zero-order valence-electron chi connectivity index (χ0n) is 13.0. The minimum Gasteiger partial charge on any atom is -0.398 e. The number of nitrogens with one attached hydrogen (secondary N) is 1. The van der Waals surface area contributed by atoms with Gasteiger partial charge < -0.3 is 10.6 Å². The van der Waals surface area contributed by atoms with Crippen molar-refractivity contribution in [3.8, 4) is 0 Å². The lowest BCUT2D eigenvalue weighted by molar-refractivity contribution is 0.187. The van der Waals surface area contributed by atoms with Crippen LogP contribution in [0.1, 0.15) is 30.4 Å². The Kier molecular flexibility index (Phi) is 4.91. The fourth-order valence-corrected chi connectivity index (χ4v) is 4.50. The Morgan fingerprint density at radius 2 is 2.05 bits per heavy atom. The van der Waals surface area contributed by atoms with Crippen LogP contribution in [0.4, 0.5) is 5.69 Å². The van der Waals surface area contributed by atoms with Crippen LogP contribution in [0.3, 0.4) is 0 Å². The third kappa shape index (κ3) is 3.56. The van der Waals surface area contributed by atoms with E-state index in [0.29, 0.717) is 22.7 Å². The van der Waals surface area contributed by atoms with Crippen LogP contribution < -0.4 is 10.5 Å². The molecule has 0 aromatic heterocycles. The van der Waals surface area contributed by atoms with Crippen molar-refractivity contribution in [2.75, 3.05) is 25.9 Å². The molecule has 1 heterocycles. The van der Waals surface area contributed by atoms with Crippen LogP contribution >= 0.6 is 0 Å². The van der Waals surface area contributed by atoms with Gasteiger partial charge in [0.05, 0.1) is 4.90 Å². The number of hydrogen-bond acceptors (Lipinski definition) is 4. The molecule has 1 saturated heterocycles. The molecular weight excluding hydrogens is 286 g/mol. The number of sulfonamides is 1. The van der Waals surface area contributed by atoms with E-state index in [9.17, 15) is 8.42 Å². The molecule has 3 N–H and O–H groups in total. The summed E-state index contributed by atoms with van der Waals surface area (Å²) in [5, 5.41) is 0. The molecule has 0 bridgehead atoms. The van der Waals surface area contributed by atoms with Crippen LogP contribution in [0.25, 0.3) is 0 Å². The van der Waals surface area contributed by atoms with Gasteiger partial charge in [-0.25, -0.2) is 13.1 Å². The van der Waals surface area contributed by atoms with E-state index < -0.39 is 10.0 Å². The van der Waals surface area contributed by atoms with Gasteiger partial charge >= 0.3 is 0 Å². The van der Waals surface area contributed by atoms with Crippen molar-refractivity contribution in [1.29, 1.82) is 0 Å². The van der Waals surface area contributed by atoms with Crippen molar-refractivity contribution in [2.45, 2.75) is 44.0 Å². The molecule has 1 aliphatic rings. The monoisotopic (exact) mass is 311 g/mol. The van der Waals surface area contributed by atoms with Crippen molar-refractivity contribution in [2.24, 2.45) is 0 Å². The van der Waals surface area contributed by atoms with Gasteiger partial charge in [-0.1, -0.05) is 12.5 Å². The minimum absolute atomic E-state index is 0.273. The Labute approximate surface area is 127 Å². The number of anilines is 1. The van der Waals surface area contributed by atoms with Gasteiger partial charge in [0.25, 0.3) is 0 Å². The number of hydrogen-bond donors (Lipinski definition) is 2. The summed E-state index contributed by atoms with van der Waals surface area (Å²) in [6.45, 7) is 5.03.